The number of hydrogen-bond acceptors (Lipinski definition) is 3. The second-order valence-corrected chi connectivity index (χ2v) is 5.42. The number of hydrogen-bond donors (Lipinski definition) is 2. The van der Waals surface area contributed by atoms with Gasteiger partial charge in [-0.1, -0.05) is 12.8 Å². The molecule has 18 heavy (non-hydrogen) atoms. The molecule has 1 amide bonds. The van der Waals surface area contributed by atoms with E-state index in [9.17, 15) is 19.8 Å². The Hall–Kier alpha value is -1.10. The summed E-state index contributed by atoms with van der Waals surface area (Å²) in [5.74, 6) is -1.85. The van der Waals surface area contributed by atoms with Crippen LogP contribution in [0.4, 0.5) is 0 Å². The van der Waals surface area contributed by atoms with Crippen LogP contribution in [-0.4, -0.2) is 46.2 Å². The van der Waals surface area contributed by atoms with Gasteiger partial charge in [0, 0.05) is 13.1 Å². The van der Waals surface area contributed by atoms with Crippen molar-refractivity contribution in [1.29, 1.82) is 0 Å². The number of nitrogens with zero attached hydrogens (tertiary/aromatic N) is 1. The van der Waals surface area contributed by atoms with Crippen molar-refractivity contribution in [2.24, 2.45) is 11.8 Å². The van der Waals surface area contributed by atoms with E-state index in [1.54, 1.807) is 4.90 Å². The van der Waals surface area contributed by atoms with Gasteiger partial charge in [-0.3, -0.25) is 9.59 Å². The van der Waals surface area contributed by atoms with Gasteiger partial charge in [0.25, 0.3) is 0 Å². The van der Waals surface area contributed by atoms with Gasteiger partial charge in [0.15, 0.2) is 0 Å². The summed E-state index contributed by atoms with van der Waals surface area (Å²) in [6, 6.07) is 0. The first-order valence-electron chi connectivity index (χ1n) is 6.79. The number of carbonyl (C=O) groups excluding carboxylic acids is 1. The lowest BCUT2D eigenvalue weighted by Crippen LogP contribution is -2.48. The largest absolute Gasteiger partial charge is 0.481 e. The lowest BCUT2D eigenvalue weighted by molar-refractivity contribution is -0.153. The lowest BCUT2D eigenvalue weighted by atomic mass is 9.78. The van der Waals surface area contributed by atoms with Gasteiger partial charge in [0.1, 0.15) is 0 Å². The molecule has 2 fully saturated rings. The first-order chi connectivity index (χ1) is 8.59. The van der Waals surface area contributed by atoms with Crippen LogP contribution in [0.2, 0.25) is 0 Å². The normalized spacial score (nSPS) is 33.2. The molecule has 0 aromatic carbocycles. The Bertz CT molecular complexity index is 331. The van der Waals surface area contributed by atoms with E-state index in [1.807, 2.05) is 0 Å². The smallest absolute Gasteiger partial charge is 0.307 e. The van der Waals surface area contributed by atoms with E-state index in [0.717, 1.165) is 25.7 Å². The Labute approximate surface area is 107 Å². The van der Waals surface area contributed by atoms with Crippen LogP contribution in [0.3, 0.4) is 0 Å². The summed E-state index contributed by atoms with van der Waals surface area (Å²) in [4.78, 5) is 25.2. The van der Waals surface area contributed by atoms with Crippen LogP contribution < -0.4 is 0 Å². The van der Waals surface area contributed by atoms with E-state index in [0.29, 0.717) is 25.9 Å². The Kier molecular flexibility index (Phi) is 4.22. The standard InChI is InChI=1S/C13H21NO4/c15-9-4-3-7-14(8-9)12(16)10-5-1-2-6-11(10)13(17)18/h9-11,15H,1-8H2,(H,17,18)/t9?,10-,11+/m1/s1. The van der Waals surface area contributed by atoms with Crippen molar-refractivity contribution in [3.05, 3.63) is 0 Å². The van der Waals surface area contributed by atoms with Crippen molar-refractivity contribution in [2.45, 2.75) is 44.6 Å². The highest BCUT2D eigenvalue weighted by molar-refractivity contribution is 5.85. The van der Waals surface area contributed by atoms with Crippen LogP contribution in [-0.2, 0) is 9.59 Å². The molecule has 1 unspecified atom stereocenters. The Morgan fingerprint density at radius 2 is 1.67 bits per heavy atom. The highest BCUT2D eigenvalue weighted by Crippen LogP contribution is 2.32. The van der Waals surface area contributed by atoms with Crippen molar-refractivity contribution in [2.75, 3.05) is 13.1 Å². The third kappa shape index (κ3) is 2.83. The average molecular weight is 255 g/mol. The molecular formula is C13H21NO4. The number of rotatable bonds is 2. The minimum atomic E-state index is -0.856. The number of carbonyl (C=O) groups is 2. The first-order valence-corrected chi connectivity index (χ1v) is 6.79. The number of carboxylic acid groups (broad SMARTS) is 1. The highest BCUT2D eigenvalue weighted by Gasteiger charge is 2.38. The minimum absolute atomic E-state index is 0.0687. The third-order valence-corrected chi connectivity index (χ3v) is 4.11. The molecule has 1 saturated carbocycles. The molecule has 5 nitrogen and oxygen atoms in total. The Morgan fingerprint density at radius 1 is 1.00 bits per heavy atom. The van der Waals surface area contributed by atoms with Gasteiger partial charge in [0.05, 0.1) is 17.9 Å². The van der Waals surface area contributed by atoms with Gasteiger partial charge in [-0.25, -0.2) is 0 Å². The number of aliphatic hydroxyl groups is 1. The Balaban J connectivity index is 2.03. The van der Waals surface area contributed by atoms with E-state index < -0.39 is 18.0 Å². The van der Waals surface area contributed by atoms with Gasteiger partial charge in [-0.05, 0) is 25.7 Å². The van der Waals surface area contributed by atoms with Crippen LogP contribution in [0, 0.1) is 11.8 Å². The average Bonchev–Trinajstić information content (AvgIpc) is 2.38. The number of aliphatic carboxylic acids is 1. The molecule has 2 aliphatic rings. The molecule has 102 valence electrons. The SMILES string of the molecule is O=C(O)[C@H]1CCCC[C@H]1C(=O)N1CCCC(O)C1. The summed E-state index contributed by atoms with van der Waals surface area (Å²) < 4.78 is 0. The zero-order valence-corrected chi connectivity index (χ0v) is 10.5. The van der Waals surface area contributed by atoms with E-state index in [-0.39, 0.29) is 11.8 Å². The number of β-amino-alcohol motifs (C(OH)–C–C–N with tert-alkyl or cyclic N) is 1. The number of likely N-dealkylation sites (tertiary alicyclic amines) is 1. The van der Waals surface area contributed by atoms with Crippen molar-refractivity contribution in [1.82, 2.24) is 4.90 Å². The molecule has 3 atom stereocenters. The van der Waals surface area contributed by atoms with Crippen molar-refractivity contribution in [3.63, 3.8) is 0 Å². The van der Waals surface area contributed by atoms with Crippen molar-refractivity contribution in [3.8, 4) is 0 Å². The molecule has 0 aromatic rings. The van der Waals surface area contributed by atoms with Gasteiger partial charge in [0.2, 0.25) is 5.91 Å². The molecule has 1 heterocycles. The highest BCUT2D eigenvalue weighted by atomic mass is 16.4. The molecule has 5 heteroatoms. The number of aliphatic hydroxyl groups excluding tert-OH is 1. The second-order valence-electron chi connectivity index (χ2n) is 5.42. The van der Waals surface area contributed by atoms with Gasteiger partial charge in [-0.2, -0.15) is 0 Å². The van der Waals surface area contributed by atoms with Crippen molar-refractivity contribution < 1.29 is 19.8 Å². The van der Waals surface area contributed by atoms with Crippen LogP contribution in [0.1, 0.15) is 38.5 Å². The summed E-state index contributed by atoms with van der Waals surface area (Å²) in [6.45, 7) is 1.01. The molecule has 1 saturated heterocycles. The van der Waals surface area contributed by atoms with Crippen LogP contribution in [0.25, 0.3) is 0 Å². The minimum Gasteiger partial charge on any atom is -0.481 e. The molecule has 0 radical (unpaired) electrons. The molecule has 0 aromatic heterocycles. The second kappa shape index (κ2) is 5.69. The van der Waals surface area contributed by atoms with Crippen LogP contribution in [0.15, 0.2) is 0 Å². The zero-order valence-electron chi connectivity index (χ0n) is 10.5. The maximum Gasteiger partial charge on any atom is 0.307 e. The molecule has 1 aliphatic carbocycles. The molecule has 2 rings (SSSR count). The molecule has 0 bridgehead atoms. The van der Waals surface area contributed by atoms with Crippen molar-refractivity contribution >= 4 is 11.9 Å². The molecule has 1 aliphatic heterocycles. The fourth-order valence-corrected chi connectivity index (χ4v) is 3.11. The maximum absolute atomic E-state index is 12.4. The number of carboxylic acids is 1. The summed E-state index contributed by atoms with van der Waals surface area (Å²) in [5, 5.41) is 18.8. The van der Waals surface area contributed by atoms with E-state index in [4.69, 9.17) is 0 Å². The number of piperidine rings is 1. The molecular weight excluding hydrogens is 234 g/mol. The van der Waals surface area contributed by atoms with Crippen LogP contribution in [0.5, 0.6) is 0 Å². The summed E-state index contributed by atoms with van der Waals surface area (Å²) in [7, 11) is 0. The lowest BCUT2D eigenvalue weighted by Gasteiger charge is -2.36. The quantitative estimate of drug-likeness (QED) is 0.767. The number of amides is 1. The summed E-state index contributed by atoms with van der Waals surface area (Å²) in [6.07, 6.45) is 4.17. The topological polar surface area (TPSA) is 77.8 Å². The van der Waals surface area contributed by atoms with Crippen LogP contribution >= 0.6 is 0 Å². The van der Waals surface area contributed by atoms with E-state index in [1.165, 1.54) is 0 Å². The van der Waals surface area contributed by atoms with Gasteiger partial charge >= 0.3 is 5.97 Å². The Morgan fingerprint density at radius 3 is 2.28 bits per heavy atom. The molecule has 2 N–H and O–H groups in total. The predicted molar refractivity (Wildman–Crippen MR) is 64.9 cm³/mol. The summed E-state index contributed by atoms with van der Waals surface area (Å²) in [5.41, 5.74) is 0. The fourth-order valence-electron chi connectivity index (χ4n) is 3.11. The van der Waals surface area contributed by atoms with Gasteiger partial charge in [-0.15, -0.1) is 0 Å². The molecule has 0 spiro atoms. The third-order valence-electron chi connectivity index (χ3n) is 4.11. The zero-order chi connectivity index (χ0) is 13.1. The van der Waals surface area contributed by atoms with E-state index in [2.05, 4.69) is 0 Å². The first kappa shape index (κ1) is 13.3. The predicted octanol–water partition coefficient (Wildman–Crippen LogP) is 0.861. The fraction of sp³-hybridized carbons (Fsp3) is 0.846. The maximum atomic E-state index is 12.4. The monoisotopic (exact) mass is 255 g/mol. The van der Waals surface area contributed by atoms with E-state index >= 15 is 0 Å². The summed E-state index contributed by atoms with van der Waals surface area (Å²) >= 11 is 0. The van der Waals surface area contributed by atoms with Gasteiger partial charge < -0.3 is 15.1 Å².